The lowest BCUT2D eigenvalue weighted by molar-refractivity contribution is -0.127. The monoisotopic (exact) mass is 439 g/mol. The maximum absolute atomic E-state index is 11.3. The van der Waals surface area contributed by atoms with Crippen LogP contribution in [-0.2, 0) is 33.2 Å². The zero-order valence-electron chi connectivity index (χ0n) is 17.9. The van der Waals surface area contributed by atoms with Crippen molar-refractivity contribution in [2.75, 3.05) is 92.1 Å². The van der Waals surface area contributed by atoms with E-state index in [0.717, 1.165) is 11.8 Å². The van der Waals surface area contributed by atoms with Crippen LogP contribution in [0.5, 0.6) is 0 Å². The number of nitrogens with one attached hydrogen (secondary N) is 1. The maximum Gasteiger partial charge on any atom is 0.278 e. The van der Waals surface area contributed by atoms with E-state index < -0.39 is 0 Å². The van der Waals surface area contributed by atoms with E-state index in [1.807, 2.05) is 13.8 Å². The molecule has 1 amide bonds. The second-order valence-corrected chi connectivity index (χ2v) is 6.93. The Hall–Kier alpha value is -0.750. The van der Waals surface area contributed by atoms with Crippen LogP contribution in [0.3, 0.4) is 0 Å². The lowest BCUT2D eigenvalue weighted by atomic mass is 10.1. The Labute approximate surface area is 178 Å². The zero-order valence-corrected chi connectivity index (χ0v) is 18.8. The molecule has 0 aliphatic carbocycles. The van der Waals surface area contributed by atoms with Crippen LogP contribution in [0.15, 0.2) is 0 Å². The highest BCUT2D eigenvalue weighted by Crippen LogP contribution is 1.94. The van der Waals surface area contributed by atoms with E-state index in [4.69, 9.17) is 28.4 Å². The first-order chi connectivity index (χ1) is 14.1. The third-order valence-corrected chi connectivity index (χ3v) is 3.96. The normalized spacial score (nSPS) is 11.2. The molecule has 0 rings (SSSR count). The molecule has 0 aromatic carbocycles. The maximum atomic E-state index is 11.3. The van der Waals surface area contributed by atoms with Crippen LogP contribution in [0.25, 0.3) is 0 Å². The number of hydrogen-bond acceptors (Lipinski definition) is 9. The van der Waals surface area contributed by atoms with Gasteiger partial charge in [-0.25, -0.2) is 0 Å². The molecule has 0 spiro atoms. The predicted octanol–water partition coefficient (Wildman–Crippen LogP) is 1.38. The minimum Gasteiger partial charge on any atom is -0.377 e. The zero-order chi connectivity index (χ0) is 21.6. The molecule has 0 unspecified atom stereocenters. The van der Waals surface area contributed by atoms with Gasteiger partial charge in [0.2, 0.25) is 0 Å². The number of ketones is 1. The Balaban J connectivity index is 3.08. The fraction of sp³-hybridized carbons (Fsp3) is 0.895. The molecule has 10 heteroatoms. The summed E-state index contributed by atoms with van der Waals surface area (Å²) in [7, 11) is 0. The highest BCUT2D eigenvalue weighted by Gasteiger charge is 2.06. The lowest BCUT2D eigenvalue weighted by Gasteiger charge is -2.08. The molecule has 0 aliphatic rings. The minimum absolute atomic E-state index is 0.00315. The molecule has 0 fully saturated rings. The Kier molecular flexibility index (Phi) is 21.4. The van der Waals surface area contributed by atoms with Crippen LogP contribution in [-0.4, -0.2) is 103 Å². The van der Waals surface area contributed by atoms with E-state index in [-0.39, 0.29) is 23.5 Å². The smallest absolute Gasteiger partial charge is 0.278 e. The van der Waals surface area contributed by atoms with Gasteiger partial charge in [0, 0.05) is 12.5 Å². The molecule has 29 heavy (non-hydrogen) atoms. The fourth-order valence-corrected chi connectivity index (χ4v) is 1.98. The highest BCUT2D eigenvalue weighted by molar-refractivity contribution is 8.12. The van der Waals surface area contributed by atoms with Gasteiger partial charge in [-0.05, 0) is 6.26 Å². The quantitative estimate of drug-likeness (QED) is 0.266. The molecule has 0 heterocycles. The van der Waals surface area contributed by atoms with Crippen LogP contribution in [0.2, 0.25) is 0 Å². The van der Waals surface area contributed by atoms with Gasteiger partial charge in [-0.3, -0.25) is 9.59 Å². The summed E-state index contributed by atoms with van der Waals surface area (Å²) in [5, 5.41) is 2.64. The van der Waals surface area contributed by atoms with Crippen molar-refractivity contribution in [2.45, 2.75) is 13.8 Å². The van der Waals surface area contributed by atoms with Crippen LogP contribution in [0, 0.1) is 5.92 Å². The van der Waals surface area contributed by atoms with Crippen molar-refractivity contribution in [1.82, 2.24) is 5.32 Å². The topological polar surface area (TPSA) is 102 Å². The van der Waals surface area contributed by atoms with Crippen molar-refractivity contribution >= 4 is 22.8 Å². The summed E-state index contributed by atoms with van der Waals surface area (Å²) in [6, 6.07) is 0. The summed E-state index contributed by atoms with van der Waals surface area (Å²) in [6.07, 6.45) is 1.73. The minimum atomic E-state index is -0.0561. The molecule has 1 N–H and O–H groups in total. The van der Waals surface area contributed by atoms with Crippen molar-refractivity contribution < 1.29 is 38.0 Å². The standard InChI is InChI=1S/C19H37NO8S/c1-17(2)18(21)16-28-15-14-27-13-12-26-11-10-25-9-8-24-7-6-23-5-4-20-19(22)29-3/h17H,4-16H2,1-3H3,(H,20,22). The largest absolute Gasteiger partial charge is 0.377 e. The molecular formula is C19H37NO8S. The van der Waals surface area contributed by atoms with Gasteiger partial charge in [0.25, 0.3) is 5.24 Å². The van der Waals surface area contributed by atoms with Crippen LogP contribution < -0.4 is 5.32 Å². The second kappa shape index (κ2) is 21.9. The fourth-order valence-electron chi connectivity index (χ4n) is 1.74. The third-order valence-electron chi connectivity index (χ3n) is 3.45. The summed E-state index contributed by atoms with van der Waals surface area (Å²) in [5.74, 6) is 0.101. The molecule has 0 saturated carbocycles. The molecule has 0 saturated heterocycles. The van der Waals surface area contributed by atoms with E-state index in [2.05, 4.69) is 5.32 Å². The number of carbonyl (C=O) groups excluding carboxylic acids is 2. The van der Waals surface area contributed by atoms with Crippen LogP contribution in [0.4, 0.5) is 4.79 Å². The lowest BCUT2D eigenvalue weighted by Crippen LogP contribution is -2.24. The van der Waals surface area contributed by atoms with Crippen LogP contribution in [0.1, 0.15) is 13.8 Å². The molecule has 172 valence electrons. The third kappa shape index (κ3) is 21.8. The van der Waals surface area contributed by atoms with Gasteiger partial charge in [-0.15, -0.1) is 0 Å². The van der Waals surface area contributed by atoms with Gasteiger partial charge in [0.05, 0.1) is 72.7 Å². The van der Waals surface area contributed by atoms with E-state index in [0.29, 0.717) is 79.2 Å². The van der Waals surface area contributed by atoms with Crippen molar-refractivity contribution in [3.63, 3.8) is 0 Å². The van der Waals surface area contributed by atoms with Crippen molar-refractivity contribution in [2.24, 2.45) is 5.92 Å². The van der Waals surface area contributed by atoms with Gasteiger partial charge in [-0.2, -0.15) is 0 Å². The van der Waals surface area contributed by atoms with Gasteiger partial charge in [-0.1, -0.05) is 25.6 Å². The molecule has 0 aliphatic heterocycles. The average Bonchev–Trinajstić information content (AvgIpc) is 2.71. The Morgan fingerprint density at radius 1 is 0.690 bits per heavy atom. The van der Waals surface area contributed by atoms with E-state index >= 15 is 0 Å². The van der Waals surface area contributed by atoms with E-state index in [9.17, 15) is 9.59 Å². The van der Waals surface area contributed by atoms with Gasteiger partial charge < -0.3 is 33.7 Å². The Bertz CT molecular complexity index is 398. The first kappa shape index (κ1) is 28.2. The number of ether oxygens (including phenoxy) is 6. The number of rotatable bonds is 21. The van der Waals surface area contributed by atoms with Gasteiger partial charge in [0.1, 0.15) is 6.61 Å². The van der Waals surface area contributed by atoms with E-state index in [1.165, 1.54) is 0 Å². The number of carbonyl (C=O) groups is 2. The second-order valence-electron chi connectivity index (χ2n) is 6.15. The number of hydrogen-bond donors (Lipinski definition) is 1. The van der Waals surface area contributed by atoms with Gasteiger partial charge in [0.15, 0.2) is 5.78 Å². The first-order valence-corrected chi connectivity index (χ1v) is 11.1. The van der Waals surface area contributed by atoms with Gasteiger partial charge >= 0.3 is 0 Å². The van der Waals surface area contributed by atoms with Crippen molar-refractivity contribution in [1.29, 1.82) is 0 Å². The summed E-state index contributed by atoms with van der Waals surface area (Å²) in [6.45, 7) is 9.58. The SMILES string of the molecule is CSC(=O)NCCOCCOCCOCCOCCOCCOCC(=O)C(C)C. The number of Topliss-reactive ketones (excluding diaryl/α,β-unsaturated/α-hetero) is 1. The molecule has 0 atom stereocenters. The molecule has 0 aromatic rings. The first-order valence-electron chi connectivity index (χ1n) is 9.89. The summed E-state index contributed by atoms with van der Waals surface area (Å²) in [5.41, 5.74) is 0. The molecule has 0 aromatic heterocycles. The average molecular weight is 440 g/mol. The molecule has 0 bridgehead atoms. The number of amides is 1. The van der Waals surface area contributed by atoms with E-state index in [1.54, 1.807) is 6.26 Å². The van der Waals surface area contributed by atoms with Crippen LogP contribution >= 0.6 is 11.8 Å². The Morgan fingerprint density at radius 3 is 1.45 bits per heavy atom. The molecule has 9 nitrogen and oxygen atoms in total. The summed E-state index contributed by atoms with van der Waals surface area (Å²) < 4.78 is 32.0. The van der Waals surface area contributed by atoms with Crippen molar-refractivity contribution in [3.8, 4) is 0 Å². The number of thioether (sulfide) groups is 1. The summed E-state index contributed by atoms with van der Waals surface area (Å²) in [4.78, 5) is 22.3. The van der Waals surface area contributed by atoms with Crippen molar-refractivity contribution in [3.05, 3.63) is 0 Å². The summed E-state index contributed by atoms with van der Waals surface area (Å²) >= 11 is 1.14. The highest BCUT2D eigenvalue weighted by atomic mass is 32.2. The Morgan fingerprint density at radius 2 is 1.07 bits per heavy atom. The predicted molar refractivity (Wildman–Crippen MR) is 112 cm³/mol. The molecule has 0 radical (unpaired) electrons. The molecular weight excluding hydrogens is 402 g/mol.